The van der Waals surface area contributed by atoms with Gasteiger partial charge in [0.2, 0.25) is 0 Å². The summed E-state index contributed by atoms with van der Waals surface area (Å²) < 4.78 is 18.3. The number of ether oxygens (including phenoxy) is 1. The lowest BCUT2D eigenvalue weighted by Gasteiger charge is -2.32. The average molecular weight is 289 g/mol. The monoisotopic (exact) mass is 289 g/mol. The minimum absolute atomic E-state index is 0.301. The maximum absolute atomic E-state index is 6.13. The van der Waals surface area contributed by atoms with Crippen molar-refractivity contribution in [2.45, 2.75) is 70.7 Å². The highest BCUT2D eigenvalue weighted by molar-refractivity contribution is 6.62. The molecule has 5 heteroatoms. The molecule has 0 spiro atoms. The molecule has 21 heavy (non-hydrogen) atoms. The largest absolute Gasteiger partial charge is 0.518 e. The fourth-order valence-corrected chi connectivity index (χ4v) is 2.82. The van der Waals surface area contributed by atoms with Crippen molar-refractivity contribution in [2.75, 3.05) is 0 Å². The third-order valence-corrected chi connectivity index (χ3v) is 4.87. The number of hydrogen-bond acceptors (Lipinski definition) is 4. The molecule has 0 unspecified atom stereocenters. The van der Waals surface area contributed by atoms with E-state index in [1.54, 1.807) is 6.20 Å². The van der Waals surface area contributed by atoms with E-state index in [0.29, 0.717) is 6.10 Å². The smallest absolute Gasteiger partial charge is 0.489 e. The minimum atomic E-state index is -0.465. The highest BCUT2D eigenvalue weighted by Crippen LogP contribution is 2.37. The predicted octanol–water partition coefficient (Wildman–Crippen LogP) is 2.70. The second-order valence-corrected chi connectivity index (χ2v) is 7.00. The molecule has 0 radical (unpaired) electrons. The lowest BCUT2D eigenvalue weighted by Crippen LogP contribution is -2.41. The van der Waals surface area contributed by atoms with E-state index in [4.69, 9.17) is 14.0 Å². The zero-order valence-electron chi connectivity index (χ0n) is 13.4. The van der Waals surface area contributed by atoms with Gasteiger partial charge in [0.05, 0.1) is 17.3 Å². The van der Waals surface area contributed by atoms with E-state index in [9.17, 15) is 0 Å². The van der Waals surface area contributed by atoms with E-state index in [2.05, 4.69) is 4.98 Å². The molecule has 0 aromatic carbocycles. The first kappa shape index (κ1) is 14.9. The normalized spacial score (nSPS) is 24.5. The van der Waals surface area contributed by atoms with Crippen LogP contribution in [0.5, 0.6) is 5.75 Å². The van der Waals surface area contributed by atoms with Gasteiger partial charge in [0, 0.05) is 6.20 Å². The van der Waals surface area contributed by atoms with Gasteiger partial charge in [-0.2, -0.15) is 0 Å². The molecule has 0 atom stereocenters. The van der Waals surface area contributed by atoms with Crippen molar-refractivity contribution in [1.29, 1.82) is 0 Å². The van der Waals surface area contributed by atoms with Crippen molar-refractivity contribution in [3.05, 3.63) is 18.3 Å². The quantitative estimate of drug-likeness (QED) is 0.802. The average Bonchev–Trinajstić information content (AvgIpc) is 2.97. The Morgan fingerprint density at radius 3 is 2.38 bits per heavy atom. The van der Waals surface area contributed by atoms with Crippen LogP contribution in [0.3, 0.4) is 0 Å². The Kier molecular flexibility index (Phi) is 3.74. The van der Waals surface area contributed by atoms with Crippen LogP contribution in [0.15, 0.2) is 18.3 Å². The number of rotatable bonds is 3. The molecule has 1 aliphatic heterocycles. The molecule has 2 heterocycles. The molecule has 0 bridgehead atoms. The van der Waals surface area contributed by atoms with E-state index in [1.807, 2.05) is 39.8 Å². The van der Waals surface area contributed by atoms with Crippen LogP contribution in [0.2, 0.25) is 0 Å². The van der Waals surface area contributed by atoms with Gasteiger partial charge >= 0.3 is 7.12 Å². The molecule has 4 nitrogen and oxygen atoms in total. The number of aromatic nitrogens is 1. The van der Waals surface area contributed by atoms with E-state index in [0.717, 1.165) is 24.2 Å². The van der Waals surface area contributed by atoms with E-state index < -0.39 is 7.12 Å². The Balaban J connectivity index is 1.82. The van der Waals surface area contributed by atoms with Crippen molar-refractivity contribution in [1.82, 2.24) is 4.98 Å². The molecule has 114 valence electrons. The molecular formula is C16H24BNO3. The second kappa shape index (κ2) is 5.29. The fraction of sp³-hybridized carbons (Fsp3) is 0.688. The van der Waals surface area contributed by atoms with Gasteiger partial charge in [0.1, 0.15) is 11.3 Å². The predicted molar refractivity (Wildman–Crippen MR) is 82.8 cm³/mol. The van der Waals surface area contributed by atoms with Crippen molar-refractivity contribution in [3.63, 3.8) is 0 Å². The molecule has 2 fully saturated rings. The topological polar surface area (TPSA) is 40.6 Å². The van der Waals surface area contributed by atoms with Crippen molar-refractivity contribution in [3.8, 4) is 5.75 Å². The summed E-state index contributed by atoms with van der Waals surface area (Å²) in [6.07, 6.45) is 6.81. The minimum Gasteiger partial charge on any atom is -0.489 e. The lowest BCUT2D eigenvalue weighted by atomic mass is 9.83. The van der Waals surface area contributed by atoms with Crippen LogP contribution >= 0.6 is 0 Å². The Labute approximate surface area is 127 Å². The summed E-state index contributed by atoms with van der Waals surface area (Å²) >= 11 is 0. The first-order valence-corrected chi connectivity index (χ1v) is 7.86. The van der Waals surface area contributed by atoms with E-state index in [1.165, 1.54) is 12.8 Å². The first-order valence-electron chi connectivity index (χ1n) is 7.86. The van der Waals surface area contributed by atoms with Crippen LogP contribution < -0.4 is 10.3 Å². The summed E-state index contributed by atoms with van der Waals surface area (Å²) in [7, 11) is -0.465. The summed E-state index contributed by atoms with van der Waals surface area (Å²) in [5.74, 6) is 0.794. The van der Waals surface area contributed by atoms with Crippen LogP contribution in [-0.4, -0.2) is 29.4 Å². The zero-order chi connectivity index (χ0) is 15.1. The van der Waals surface area contributed by atoms with Crippen LogP contribution in [0.1, 0.15) is 53.4 Å². The van der Waals surface area contributed by atoms with Gasteiger partial charge < -0.3 is 14.0 Å². The van der Waals surface area contributed by atoms with Crippen LogP contribution in [0.25, 0.3) is 0 Å². The van der Waals surface area contributed by atoms with Crippen molar-refractivity contribution >= 4 is 12.7 Å². The first-order chi connectivity index (χ1) is 9.89. The summed E-state index contributed by atoms with van der Waals surface area (Å²) in [6, 6.07) is 3.87. The maximum Gasteiger partial charge on any atom is 0.518 e. The molecule has 1 aromatic rings. The Hall–Kier alpha value is -1.07. The van der Waals surface area contributed by atoms with E-state index in [-0.39, 0.29) is 11.2 Å². The molecule has 1 aliphatic carbocycles. The van der Waals surface area contributed by atoms with Crippen LogP contribution in [-0.2, 0) is 9.31 Å². The maximum atomic E-state index is 6.13. The molecule has 1 saturated heterocycles. The summed E-state index contributed by atoms with van der Waals surface area (Å²) in [4.78, 5) is 4.46. The van der Waals surface area contributed by atoms with Gasteiger partial charge in [-0.25, -0.2) is 0 Å². The highest BCUT2D eigenvalue weighted by Gasteiger charge is 2.53. The molecule has 0 amide bonds. The number of pyridine rings is 1. The van der Waals surface area contributed by atoms with Crippen LogP contribution in [0.4, 0.5) is 0 Å². The standard InChI is InChI=1S/C16H24BNO3/c1-15(2)16(3,4)21-17(20-15)14-13(10-7-11-18-14)19-12-8-5-6-9-12/h7,10-12H,5-6,8-9H2,1-4H3. The summed E-state index contributed by atoms with van der Waals surface area (Å²) in [6.45, 7) is 8.20. The Morgan fingerprint density at radius 2 is 1.76 bits per heavy atom. The van der Waals surface area contributed by atoms with Gasteiger partial charge in [-0.15, -0.1) is 0 Å². The second-order valence-electron chi connectivity index (χ2n) is 7.00. The third-order valence-electron chi connectivity index (χ3n) is 4.87. The van der Waals surface area contributed by atoms with Gasteiger partial charge in [0.25, 0.3) is 0 Å². The molecule has 1 aromatic heterocycles. The summed E-state index contributed by atoms with van der Waals surface area (Å²) in [5.41, 5.74) is 0.0302. The van der Waals surface area contributed by atoms with Gasteiger partial charge in [-0.3, -0.25) is 4.98 Å². The SMILES string of the molecule is CC1(C)OB(c2ncccc2OC2CCCC2)OC1(C)C. The molecule has 0 N–H and O–H groups in total. The van der Waals surface area contributed by atoms with Gasteiger partial charge in [-0.1, -0.05) is 0 Å². The molecule has 1 saturated carbocycles. The van der Waals surface area contributed by atoms with Gasteiger partial charge in [0.15, 0.2) is 0 Å². The van der Waals surface area contributed by atoms with E-state index >= 15 is 0 Å². The molecule has 3 rings (SSSR count). The summed E-state index contributed by atoms with van der Waals surface area (Å²) in [5, 5.41) is 0. The zero-order valence-corrected chi connectivity index (χ0v) is 13.4. The number of nitrogens with zero attached hydrogens (tertiary/aromatic N) is 1. The Morgan fingerprint density at radius 1 is 1.14 bits per heavy atom. The van der Waals surface area contributed by atoms with Crippen molar-refractivity contribution in [2.24, 2.45) is 0 Å². The van der Waals surface area contributed by atoms with Crippen molar-refractivity contribution < 1.29 is 14.0 Å². The van der Waals surface area contributed by atoms with Gasteiger partial charge in [-0.05, 0) is 65.5 Å². The Bertz CT molecular complexity index is 496. The molecule has 2 aliphatic rings. The number of hydrogen-bond donors (Lipinski definition) is 0. The molecular weight excluding hydrogens is 265 g/mol. The van der Waals surface area contributed by atoms with Crippen LogP contribution in [0, 0.1) is 0 Å². The lowest BCUT2D eigenvalue weighted by molar-refractivity contribution is 0.00578. The fourth-order valence-electron chi connectivity index (χ4n) is 2.82. The highest BCUT2D eigenvalue weighted by atomic mass is 16.7. The third kappa shape index (κ3) is 2.81.